The van der Waals surface area contributed by atoms with Gasteiger partial charge in [-0.2, -0.15) is 0 Å². The second-order valence-corrected chi connectivity index (χ2v) is 10.1. The van der Waals surface area contributed by atoms with Crippen molar-refractivity contribution in [2.75, 3.05) is 0 Å². The molecule has 0 spiro atoms. The Morgan fingerprint density at radius 3 is 1.54 bits per heavy atom. The molecule has 0 aromatic rings. The van der Waals surface area contributed by atoms with Crippen molar-refractivity contribution in [3.8, 4) is 0 Å². The first kappa shape index (κ1) is 19.7. The van der Waals surface area contributed by atoms with Crippen LogP contribution in [0, 0.1) is 52.8 Å². The molecule has 0 aromatic heterocycles. The Labute approximate surface area is 162 Å². The summed E-state index contributed by atoms with van der Waals surface area (Å²) in [6.45, 7) is 14.4. The zero-order chi connectivity index (χ0) is 18.9. The SMILES string of the molecule is CC1CC(C)C(C(C)(C)C2C3C=CC=CC3C3C=CC=CC32)C1.CCC. The lowest BCUT2D eigenvalue weighted by Crippen LogP contribution is -2.39. The second kappa shape index (κ2) is 7.91. The van der Waals surface area contributed by atoms with E-state index < -0.39 is 0 Å². The summed E-state index contributed by atoms with van der Waals surface area (Å²) < 4.78 is 0. The molecule has 4 aliphatic carbocycles. The molecule has 0 N–H and O–H groups in total. The van der Waals surface area contributed by atoms with Crippen LogP contribution in [0.4, 0.5) is 0 Å². The third-order valence-corrected chi connectivity index (χ3v) is 7.65. The van der Waals surface area contributed by atoms with Gasteiger partial charge < -0.3 is 0 Å². The first-order valence-corrected chi connectivity index (χ1v) is 11.1. The Kier molecular flexibility index (Phi) is 6.00. The van der Waals surface area contributed by atoms with Gasteiger partial charge in [0.15, 0.2) is 0 Å². The first-order valence-electron chi connectivity index (χ1n) is 11.1. The topological polar surface area (TPSA) is 0 Å². The van der Waals surface area contributed by atoms with Crippen molar-refractivity contribution < 1.29 is 0 Å². The number of allylic oxidation sites excluding steroid dienone is 8. The van der Waals surface area contributed by atoms with Crippen LogP contribution in [0.1, 0.15) is 60.8 Å². The lowest BCUT2D eigenvalue weighted by atomic mass is 9.59. The molecule has 4 aliphatic rings. The maximum atomic E-state index is 2.59. The summed E-state index contributed by atoms with van der Waals surface area (Å²) in [5.41, 5.74) is 0.414. The van der Waals surface area contributed by atoms with Gasteiger partial charge in [0.2, 0.25) is 0 Å². The minimum Gasteiger partial charge on any atom is -0.0805 e. The molecule has 7 unspecified atom stereocenters. The summed E-state index contributed by atoms with van der Waals surface area (Å²) in [5.74, 6) is 6.31. The molecule has 0 bridgehead atoms. The van der Waals surface area contributed by atoms with Crippen LogP contribution < -0.4 is 0 Å². The third-order valence-electron chi connectivity index (χ3n) is 7.65. The summed E-state index contributed by atoms with van der Waals surface area (Å²) in [4.78, 5) is 0. The van der Waals surface area contributed by atoms with E-state index in [2.05, 4.69) is 90.2 Å². The van der Waals surface area contributed by atoms with Gasteiger partial charge in [-0.1, -0.05) is 96.6 Å². The average molecular weight is 353 g/mol. The monoisotopic (exact) mass is 352 g/mol. The molecule has 0 heterocycles. The van der Waals surface area contributed by atoms with Crippen LogP contribution in [0.15, 0.2) is 48.6 Å². The largest absolute Gasteiger partial charge is 0.0805 e. The van der Waals surface area contributed by atoms with E-state index in [-0.39, 0.29) is 0 Å². The Morgan fingerprint density at radius 1 is 0.731 bits per heavy atom. The summed E-state index contributed by atoms with van der Waals surface area (Å²) in [5, 5.41) is 0. The predicted molar refractivity (Wildman–Crippen MR) is 115 cm³/mol. The molecule has 4 rings (SSSR count). The smallest absolute Gasteiger partial charge is 0.00954 e. The summed E-state index contributed by atoms with van der Waals surface area (Å²) in [7, 11) is 0. The van der Waals surface area contributed by atoms with Crippen molar-refractivity contribution in [2.45, 2.75) is 60.8 Å². The van der Waals surface area contributed by atoms with Crippen LogP contribution in [-0.4, -0.2) is 0 Å². The lowest BCUT2D eigenvalue weighted by Gasteiger charge is -2.45. The maximum Gasteiger partial charge on any atom is -0.00954 e. The van der Waals surface area contributed by atoms with Crippen LogP contribution in [0.25, 0.3) is 0 Å². The van der Waals surface area contributed by atoms with Gasteiger partial charge >= 0.3 is 0 Å². The molecular weight excluding hydrogens is 312 g/mol. The quantitative estimate of drug-likeness (QED) is 0.484. The Hall–Kier alpha value is -1.04. The highest BCUT2D eigenvalue weighted by atomic mass is 14.6. The zero-order valence-electron chi connectivity index (χ0n) is 17.9. The highest BCUT2D eigenvalue weighted by Crippen LogP contribution is 2.61. The van der Waals surface area contributed by atoms with Crippen molar-refractivity contribution in [1.29, 1.82) is 0 Å². The zero-order valence-corrected chi connectivity index (χ0v) is 17.9. The minimum absolute atomic E-state index is 0.414. The standard InChI is InChI=1S/C23H32.C3H8/c1-15-13-16(2)21(14-15)23(3,4)22-19-11-7-5-9-17(19)18-10-6-8-12-20(18)22;1-3-2/h5-12,15-22H,13-14H2,1-4H3;3H2,1-2H3. The van der Waals surface area contributed by atoms with E-state index in [1.54, 1.807) is 0 Å². The molecule has 0 nitrogen and oxygen atoms in total. The molecule has 26 heavy (non-hydrogen) atoms. The van der Waals surface area contributed by atoms with Gasteiger partial charge in [0.05, 0.1) is 0 Å². The van der Waals surface area contributed by atoms with E-state index in [1.807, 2.05) is 0 Å². The van der Waals surface area contributed by atoms with Gasteiger partial charge in [-0.3, -0.25) is 0 Å². The van der Waals surface area contributed by atoms with Crippen LogP contribution in [0.2, 0.25) is 0 Å². The van der Waals surface area contributed by atoms with Gasteiger partial charge in [-0.25, -0.2) is 0 Å². The van der Waals surface area contributed by atoms with E-state index in [4.69, 9.17) is 0 Å². The minimum atomic E-state index is 0.414. The van der Waals surface area contributed by atoms with Gasteiger partial charge in [0.1, 0.15) is 0 Å². The molecule has 0 aliphatic heterocycles. The Balaban J connectivity index is 0.000000613. The fourth-order valence-electron chi connectivity index (χ4n) is 6.86. The van der Waals surface area contributed by atoms with Crippen molar-refractivity contribution in [1.82, 2.24) is 0 Å². The summed E-state index contributed by atoms with van der Waals surface area (Å²) in [6, 6.07) is 0. The molecule has 0 radical (unpaired) electrons. The van der Waals surface area contributed by atoms with Crippen molar-refractivity contribution >= 4 is 0 Å². The van der Waals surface area contributed by atoms with Crippen LogP contribution in [0.5, 0.6) is 0 Å². The highest BCUT2D eigenvalue weighted by Gasteiger charge is 2.55. The van der Waals surface area contributed by atoms with Crippen LogP contribution in [-0.2, 0) is 0 Å². The predicted octanol–water partition coefficient (Wildman–Crippen LogP) is 7.46. The van der Waals surface area contributed by atoms with Crippen molar-refractivity contribution in [2.24, 2.45) is 52.8 Å². The van der Waals surface area contributed by atoms with E-state index in [0.717, 1.165) is 35.5 Å². The summed E-state index contributed by atoms with van der Waals surface area (Å²) >= 11 is 0. The molecule has 2 saturated carbocycles. The number of fused-ring (bicyclic) bond motifs is 3. The Bertz CT molecular complexity index is 553. The maximum absolute atomic E-state index is 2.59. The number of hydrogen-bond acceptors (Lipinski definition) is 0. The third kappa shape index (κ3) is 3.41. The fraction of sp³-hybridized carbons (Fsp3) is 0.692. The number of hydrogen-bond donors (Lipinski definition) is 0. The molecular formula is C26H40. The molecule has 2 fully saturated rings. The van der Waals surface area contributed by atoms with Gasteiger partial charge in [0, 0.05) is 0 Å². The van der Waals surface area contributed by atoms with Gasteiger partial charge in [0.25, 0.3) is 0 Å². The van der Waals surface area contributed by atoms with Gasteiger partial charge in [-0.05, 0) is 65.6 Å². The van der Waals surface area contributed by atoms with Gasteiger partial charge in [-0.15, -0.1) is 0 Å². The Morgan fingerprint density at radius 2 is 1.15 bits per heavy atom. The van der Waals surface area contributed by atoms with Crippen LogP contribution in [0.3, 0.4) is 0 Å². The second-order valence-electron chi connectivity index (χ2n) is 10.1. The molecule has 0 heteroatoms. The average Bonchev–Trinajstić information content (AvgIpc) is 3.13. The molecule has 0 saturated heterocycles. The molecule has 0 amide bonds. The first-order chi connectivity index (χ1) is 12.4. The summed E-state index contributed by atoms with van der Waals surface area (Å²) in [6.07, 6.45) is 23.3. The van der Waals surface area contributed by atoms with Crippen molar-refractivity contribution in [3.63, 3.8) is 0 Å². The van der Waals surface area contributed by atoms with Crippen molar-refractivity contribution in [3.05, 3.63) is 48.6 Å². The molecule has 7 atom stereocenters. The molecule has 144 valence electrons. The normalized spacial score (nSPS) is 43.0. The number of rotatable bonds is 2. The van der Waals surface area contributed by atoms with E-state index in [9.17, 15) is 0 Å². The van der Waals surface area contributed by atoms with E-state index in [1.165, 1.54) is 19.3 Å². The lowest BCUT2D eigenvalue weighted by molar-refractivity contribution is 0.0524. The molecule has 0 aromatic carbocycles. The van der Waals surface area contributed by atoms with E-state index in [0.29, 0.717) is 17.3 Å². The fourth-order valence-corrected chi connectivity index (χ4v) is 6.86. The highest BCUT2D eigenvalue weighted by molar-refractivity contribution is 5.29. The van der Waals surface area contributed by atoms with Crippen LogP contribution >= 0.6 is 0 Å². The van der Waals surface area contributed by atoms with E-state index >= 15 is 0 Å².